The smallest absolute Gasteiger partial charge is 0.331 e. The molecular formula is C11H19NO3. The van der Waals surface area contributed by atoms with Crippen molar-refractivity contribution in [2.24, 2.45) is 0 Å². The third-order valence-electron chi connectivity index (χ3n) is 2.19. The van der Waals surface area contributed by atoms with Crippen LogP contribution in [0.3, 0.4) is 0 Å². The number of esters is 1. The molecular weight excluding hydrogens is 194 g/mol. The van der Waals surface area contributed by atoms with Crippen molar-refractivity contribution < 1.29 is 14.3 Å². The molecule has 0 rings (SSSR count). The maximum Gasteiger partial charge on any atom is 0.331 e. The Kier molecular flexibility index (Phi) is 4.52. The van der Waals surface area contributed by atoms with Crippen LogP contribution in [0, 0.1) is 0 Å². The number of rotatable bonds is 4. The lowest BCUT2D eigenvalue weighted by atomic mass is 10.0. The van der Waals surface area contributed by atoms with Gasteiger partial charge in [-0.25, -0.2) is 4.79 Å². The molecule has 0 aliphatic heterocycles. The number of carbonyl (C=O) groups is 2. The predicted octanol–water partition coefficient (Wildman–Crippen LogP) is 1.36. The van der Waals surface area contributed by atoms with Gasteiger partial charge in [0.05, 0.1) is 6.10 Å². The minimum Gasteiger partial charge on any atom is -0.461 e. The summed E-state index contributed by atoms with van der Waals surface area (Å²) in [6.45, 7) is 10.2. The average molecular weight is 213 g/mol. The Hall–Kier alpha value is -1.32. The van der Waals surface area contributed by atoms with E-state index in [0.717, 1.165) is 0 Å². The largest absolute Gasteiger partial charge is 0.461 e. The first-order valence-electron chi connectivity index (χ1n) is 4.84. The molecule has 0 aliphatic rings. The number of hydrogen-bond acceptors (Lipinski definition) is 3. The molecule has 0 heterocycles. The quantitative estimate of drug-likeness (QED) is 0.523. The molecule has 0 aromatic carbocycles. The zero-order chi connectivity index (χ0) is 12.2. The van der Waals surface area contributed by atoms with Crippen molar-refractivity contribution >= 4 is 11.9 Å². The Labute approximate surface area is 90.9 Å². The Morgan fingerprint density at radius 1 is 1.40 bits per heavy atom. The van der Waals surface area contributed by atoms with Gasteiger partial charge in [-0.2, -0.15) is 0 Å². The van der Waals surface area contributed by atoms with Crippen LogP contribution in [-0.2, 0) is 14.3 Å². The fourth-order valence-electron chi connectivity index (χ4n) is 0.908. The Bertz CT molecular complexity index is 269. The van der Waals surface area contributed by atoms with Crippen molar-refractivity contribution in [3.63, 3.8) is 0 Å². The number of nitrogens with zero attached hydrogens (tertiary/aromatic N) is 1. The summed E-state index contributed by atoms with van der Waals surface area (Å²) in [5.74, 6) is -0.726. The molecule has 0 spiro atoms. The fourth-order valence-corrected chi connectivity index (χ4v) is 0.908. The lowest BCUT2D eigenvalue weighted by Gasteiger charge is -2.33. The summed E-state index contributed by atoms with van der Waals surface area (Å²) in [7, 11) is 1.55. The fraction of sp³-hybridized carbons (Fsp3) is 0.636. The van der Waals surface area contributed by atoms with Gasteiger partial charge in [-0.1, -0.05) is 6.58 Å². The Morgan fingerprint density at radius 2 is 1.87 bits per heavy atom. The van der Waals surface area contributed by atoms with E-state index in [2.05, 4.69) is 6.58 Å². The third-order valence-corrected chi connectivity index (χ3v) is 2.19. The van der Waals surface area contributed by atoms with Crippen molar-refractivity contribution in [1.82, 2.24) is 4.90 Å². The first-order chi connectivity index (χ1) is 6.73. The van der Waals surface area contributed by atoms with Crippen LogP contribution in [0.2, 0.25) is 0 Å². The average Bonchev–Trinajstić information content (AvgIpc) is 2.14. The highest BCUT2D eigenvalue weighted by atomic mass is 16.5. The Morgan fingerprint density at radius 3 is 2.20 bits per heavy atom. The zero-order valence-corrected chi connectivity index (χ0v) is 10.0. The van der Waals surface area contributed by atoms with E-state index in [4.69, 9.17) is 4.74 Å². The van der Waals surface area contributed by atoms with Gasteiger partial charge < -0.3 is 9.64 Å². The molecule has 0 aromatic heterocycles. The second-order valence-corrected chi connectivity index (χ2v) is 4.11. The van der Waals surface area contributed by atoms with E-state index in [1.165, 1.54) is 11.0 Å². The van der Waals surface area contributed by atoms with Crippen LogP contribution in [0.25, 0.3) is 0 Å². The van der Waals surface area contributed by atoms with Crippen molar-refractivity contribution in [1.29, 1.82) is 0 Å². The van der Waals surface area contributed by atoms with E-state index < -0.39 is 11.5 Å². The molecule has 0 saturated carbocycles. The van der Waals surface area contributed by atoms with Crippen LogP contribution >= 0.6 is 0 Å². The standard InChI is InChI=1S/C11H19NO3/c1-7-9(13)12(6)11(4,5)10(14)15-8(2)3/h7-8H,1H2,2-6H3. The summed E-state index contributed by atoms with van der Waals surface area (Å²) in [6, 6.07) is 0. The molecule has 15 heavy (non-hydrogen) atoms. The van der Waals surface area contributed by atoms with E-state index in [1.54, 1.807) is 34.7 Å². The van der Waals surface area contributed by atoms with Crippen molar-refractivity contribution in [2.45, 2.75) is 39.3 Å². The second-order valence-electron chi connectivity index (χ2n) is 4.11. The summed E-state index contributed by atoms with van der Waals surface area (Å²) in [6.07, 6.45) is 0.980. The Balaban J connectivity index is 4.72. The highest BCUT2D eigenvalue weighted by molar-refractivity contribution is 5.92. The SMILES string of the molecule is C=CC(=O)N(C)C(C)(C)C(=O)OC(C)C. The molecule has 0 radical (unpaired) electrons. The van der Waals surface area contributed by atoms with Crippen LogP contribution in [0.4, 0.5) is 0 Å². The predicted molar refractivity (Wildman–Crippen MR) is 58.3 cm³/mol. The van der Waals surface area contributed by atoms with Crippen LogP contribution in [0.1, 0.15) is 27.7 Å². The summed E-state index contributed by atoms with van der Waals surface area (Å²) in [4.78, 5) is 24.3. The van der Waals surface area contributed by atoms with Gasteiger partial charge in [0.25, 0.3) is 0 Å². The molecule has 0 N–H and O–H groups in total. The normalized spacial score (nSPS) is 11.1. The topological polar surface area (TPSA) is 46.6 Å². The summed E-state index contributed by atoms with van der Waals surface area (Å²) in [5.41, 5.74) is -0.977. The number of ether oxygens (including phenoxy) is 1. The lowest BCUT2D eigenvalue weighted by molar-refractivity contribution is -0.162. The number of hydrogen-bond donors (Lipinski definition) is 0. The van der Waals surface area contributed by atoms with Gasteiger partial charge in [-0.15, -0.1) is 0 Å². The summed E-state index contributed by atoms with van der Waals surface area (Å²) >= 11 is 0. The molecule has 0 atom stereocenters. The molecule has 0 aliphatic carbocycles. The van der Waals surface area contributed by atoms with Crippen molar-refractivity contribution in [3.05, 3.63) is 12.7 Å². The lowest BCUT2D eigenvalue weighted by Crippen LogP contribution is -2.51. The van der Waals surface area contributed by atoms with Crippen LogP contribution in [-0.4, -0.2) is 35.5 Å². The molecule has 86 valence electrons. The minimum atomic E-state index is -0.977. The van der Waals surface area contributed by atoms with Gasteiger partial charge in [-0.05, 0) is 33.8 Å². The van der Waals surface area contributed by atoms with Crippen LogP contribution in [0.5, 0.6) is 0 Å². The van der Waals surface area contributed by atoms with Crippen LogP contribution < -0.4 is 0 Å². The second kappa shape index (κ2) is 4.96. The molecule has 0 bridgehead atoms. The van der Waals surface area contributed by atoms with Gasteiger partial charge in [0.1, 0.15) is 5.54 Å². The van der Waals surface area contributed by atoms with Gasteiger partial charge in [0.2, 0.25) is 5.91 Å². The van der Waals surface area contributed by atoms with E-state index in [-0.39, 0.29) is 12.0 Å². The van der Waals surface area contributed by atoms with E-state index >= 15 is 0 Å². The van der Waals surface area contributed by atoms with Crippen molar-refractivity contribution in [2.75, 3.05) is 7.05 Å². The number of likely N-dealkylation sites (N-methyl/N-ethyl adjacent to an activating group) is 1. The van der Waals surface area contributed by atoms with E-state index in [9.17, 15) is 9.59 Å². The molecule has 0 fully saturated rings. The molecule has 4 nitrogen and oxygen atoms in total. The van der Waals surface area contributed by atoms with Crippen LogP contribution in [0.15, 0.2) is 12.7 Å². The summed E-state index contributed by atoms with van der Waals surface area (Å²) in [5, 5.41) is 0. The van der Waals surface area contributed by atoms with E-state index in [0.29, 0.717) is 0 Å². The third kappa shape index (κ3) is 3.38. The van der Waals surface area contributed by atoms with Crippen molar-refractivity contribution in [3.8, 4) is 0 Å². The van der Waals surface area contributed by atoms with Gasteiger partial charge in [0.15, 0.2) is 0 Å². The van der Waals surface area contributed by atoms with E-state index in [1.807, 2.05) is 0 Å². The monoisotopic (exact) mass is 213 g/mol. The van der Waals surface area contributed by atoms with Gasteiger partial charge in [-0.3, -0.25) is 4.79 Å². The minimum absolute atomic E-state index is 0.191. The first-order valence-corrected chi connectivity index (χ1v) is 4.84. The highest BCUT2D eigenvalue weighted by Gasteiger charge is 2.36. The zero-order valence-electron chi connectivity index (χ0n) is 10.0. The molecule has 0 aromatic rings. The molecule has 4 heteroatoms. The number of amides is 1. The molecule has 0 saturated heterocycles. The first kappa shape index (κ1) is 13.7. The van der Waals surface area contributed by atoms with Gasteiger partial charge in [0, 0.05) is 7.05 Å². The van der Waals surface area contributed by atoms with Gasteiger partial charge >= 0.3 is 5.97 Å². The molecule has 0 unspecified atom stereocenters. The number of carbonyl (C=O) groups excluding carboxylic acids is 2. The summed E-state index contributed by atoms with van der Waals surface area (Å²) < 4.78 is 5.06. The highest BCUT2D eigenvalue weighted by Crippen LogP contribution is 2.15. The maximum atomic E-state index is 11.7. The maximum absolute atomic E-state index is 11.7. The molecule has 1 amide bonds.